The summed E-state index contributed by atoms with van der Waals surface area (Å²) >= 11 is 0. The molecule has 140 valence electrons. The molecule has 3 rings (SSSR count). The minimum absolute atomic E-state index is 0.150. The number of rotatable bonds is 7. The van der Waals surface area contributed by atoms with Crippen molar-refractivity contribution in [1.82, 2.24) is 24.8 Å². The first-order valence-corrected chi connectivity index (χ1v) is 8.91. The van der Waals surface area contributed by atoms with E-state index in [1.165, 1.54) is 0 Å². The number of aromatic nitrogens is 4. The number of nitrogens with one attached hydrogen (secondary N) is 1. The van der Waals surface area contributed by atoms with Gasteiger partial charge < -0.3 is 14.8 Å². The molecule has 0 atom stereocenters. The molecule has 8 nitrogen and oxygen atoms in total. The molecule has 1 aliphatic rings. The molecule has 2 aromatic rings. The van der Waals surface area contributed by atoms with Gasteiger partial charge in [-0.05, 0) is 38.7 Å². The van der Waals surface area contributed by atoms with Crippen LogP contribution in [0.3, 0.4) is 0 Å². The van der Waals surface area contributed by atoms with Gasteiger partial charge in [0.15, 0.2) is 0 Å². The van der Waals surface area contributed by atoms with Crippen molar-refractivity contribution in [2.45, 2.75) is 44.8 Å². The molecule has 1 N–H and O–H groups in total. The number of hydrogen-bond donors (Lipinski definition) is 1. The molecule has 0 radical (unpaired) electrons. The molecular weight excluding hydrogens is 334 g/mol. The summed E-state index contributed by atoms with van der Waals surface area (Å²) in [5.41, 5.74) is 1.11. The Labute approximate surface area is 153 Å². The summed E-state index contributed by atoms with van der Waals surface area (Å²) in [6.45, 7) is 3.08. The molecule has 1 fully saturated rings. The fraction of sp³-hybridized carbons (Fsp3) is 0.556. The lowest BCUT2D eigenvalue weighted by molar-refractivity contribution is -0.00409. The van der Waals surface area contributed by atoms with Crippen LogP contribution in [-0.4, -0.2) is 57.9 Å². The lowest BCUT2D eigenvalue weighted by Crippen LogP contribution is -2.39. The van der Waals surface area contributed by atoms with Gasteiger partial charge in [-0.2, -0.15) is 0 Å². The Morgan fingerprint density at radius 2 is 2.08 bits per heavy atom. The van der Waals surface area contributed by atoms with Crippen molar-refractivity contribution in [2.75, 3.05) is 20.3 Å². The standard InChI is InChI=1S/C18H25N5O3/c1-13-11-16(22-18(20-13)23-8-7-19-12-23)17(24)21-14-3-5-15(6-4-14)26-10-9-25-2/h7-8,11-12,14-15H,3-6,9-10H2,1-2H3,(H,21,24). The lowest BCUT2D eigenvalue weighted by Gasteiger charge is -2.29. The van der Waals surface area contributed by atoms with E-state index in [0.717, 1.165) is 31.4 Å². The van der Waals surface area contributed by atoms with Gasteiger partial charge in [0.25, 0.3) is 5.91 Å². The molecule has 2 aromatic heterocycles. The summed E-state index contributed by atoms with van der Waals surface area (Å²) in [4.78, 5) is 25.3. The van der Waals surface area contributed by atoms with Gasteiger partial charge >= 0.3 is 0 Å². The number of nitrogens with zero attached hydrogens (tertiary/aromatic N) is 4. The predicted octanol–water partition coefficient (Wildman–Crippen LogP) is 1.67. The second-order valence-corrected chi connectivity index (χ2v) is 6.48. The van der Waals surface area contributed by atoms with Crippen molar-refractivity contribution < 1.29 is 14.3 Å². The number of ether oxygens (including phenoxy) is 2. The van der Waals surface area contributed by atoms with E-state index in [4.69, 9.17) is 9.47 Å². The second kappa shape index (κ2) is 8.86. The van der Waals surface area contributed by atoms with Gasteiger partial charge in [0.2, 0.25) is 5.95 Å². The van der Waals surface area contributed by atoms with Crippen LogP contribution in [0.1, 0.15) is 41.9 Å². The van der Waals surface area contributed by atoms with Gasteiger partial charge in [-0.15, -0.1) is 0 Å². The third kappa shape index (κ3) is 4.86. The average Bonchev–Trinajstić information content (AvgIpc) is 3.18. The summed E-state index contributed by atoms with van der Waals surface area (Å²) in [5, 5.41) is 3.09. The molecule has 1 amide bonds. The summed E-state index contributed by atoms with van der Waals surface area (Å²) in [6.07, 6.45) is 8.97. The van der Waals surface area contributed by atoms with E-state index in [-0.39, 0.29) is 18.1 Å². The molecule has 2 heterocycles. The molecule has 26 heavy (non-hydrogen) atoms. The molecule has 0 aliphatic heterocycles. The molecule has 0 aromatic carbocycles. The van der Waals surface area contributed by atoms with Crippen molar-refractivity contribution >= 4 is 5.91 Å². The zero-order valence-corrected chi connectivity index (χ0v) is 15.2. The molecule has 8 heteroatoms. The maximum atomic E-state index is 12.6. The third-order valence-electron chi connectivity index (χ3n) is 4.46. The van der Waals surface area contributed by atoms with Crippen molar-refractivity contribution in [1.29, 1.82) is 0 Å². The predicted molar refractivity (Wildman–Crippen MR) is 95.2 cm³/mol. The highest BCUT2D eigenvalue weighted by atomic mass is 16.5. The van der Waals surface area contributed by atoms with E-state index in [2.05, 4.69) is 20.3 Å². The molecule has 1 saturated carbocycles. The largest absolute Gasteiger partial charge is 0.382 e. The fourth-order valence-corrected chi connectivity index (χ4v) is 3.09. The minimum atomic E-state index is -0.166. The SMILES string of the molecule is COCCOC1CCC(NC(=O)c2cc(C)nc(-n3ccnc3)n2)CC1. The van der Waals surface area contributed by atoms with Crippen LogP contribution in [-0.2, 0) is 9.47 Å². The summed E-state index contributed by atoms with van der Waals surface area (Å²) in [5.74, 6) is 0.281. The van der Waals surface area contributed by atoms with E-state index in [9.17, 15) is 4.79 Å². The molecule has 0 bridgehead atoms. The normalized spacial score (nSPS) is 20.1. The first-order chi connectivity index (χ1) is 12.7. The number of carbonyl (C=O) groups is 1. The van der Waals surface area contributed by atoms with E-state index in [1.807, 2.05) is 6.92 Å². The Hall–Kier alpha value is -2.32. The van der Waals surface area contributed by atoms with Gasteiger partial charge in [0.1, 0.15) is 12.0 Å². The zero-order chi connectivity index (χ0) is 18.4. The van der Waals surface area contributed by atoms with Crippen molar-refractivity contribution in [3.63, 3.8) is 0 Å². The molecule has 0 saturated heterocycles. The smallest absolute Gasteiger partial charge is 0.270 e. The van der Waals surface area contributed by atoms with E-state index >= 15 is 0 Å². The first kappa shape index (κ1) is 18.5. The molecular formula is C18H25N5O3. The second-order valence-electron chi connectivity index (χ2n) is 6.48. The van der Waals surface area contributed by atoms with Gasteiger partial charge in [0.05, 0.1) is 19.3 Å². The van der Waals surface area contributed by atoms with Crippen molar-refractivity contribution in [3.05, 3.63) is 36.2 Å². The van der Waals surface area contributed by atoms with Gasteiger partial charge in [0, 0.05) is 31.2 Å². The van der Waals surface area contributed by atoms with Crippen LogP contribution >= 0.6 is 0 Å². The van der Waals surface area contributed by atoms with Crippen LogP contribution in [0, 0.1) is 6.92 Å². The molecule has 0 unspecified atom stereocenters. The third-order valence-corrected chi connectivity index (χ3v) is 4.46. The number of aryl methyl sites for hydroxylation is 1. The van der Waals surface area contributed by atoms with Crippen LogP contribution < -0.4 is 5.32 Å². The number of hydrogen-bond acceptors (Lipinski definition) is 6. The highest BCUT2D eigenvalue weighted by molar-refractivity contribution is 5.92. The van der Waals surface area contributed by atoms with Gasteiger partial charge in [-0.1, -0.05) is 0 Å². The average molecular weight is 359 g/mol. The molecule has 1 aliphatic carbocycles. The van der Waals surface area contributed by atoms with Crippen LogP contribution in [0.2, 0.25) is 0 Å². The first-order valence-electron chi connectivity index (χ1n) is 8.91. The Balaban J connectivity index is 1.56. The summed E-state index contributed by atoms with van der Waals surface area (Å²) in [7, 11) is 1.67. The van der Waals surface area contributed by atoms with Gasteiger partial charge in [-0.25, -0.2) is 15.0 Å². The Morgan fingerprint density at radius 1 is 1.27 bits per heavy atom. The zero-order valence-electron chi connectivity index (χ0n) is 15.2. The fourth-order valence-electron chi connectivity index (χ4n) is 3.09. The van der Waals surface area contributed by atoms with E-state index in [0.29, 0.717) is 24.9 Å². The number of methoxy groups -OCH3 is 1. The summed E-state index contributed by atoms with van der Waals surface area (Å²) in [6, 6.07) is 1.85. The Kier molecular flexibility index (Phi) is 6.30. The summed E-state index contributed by atoms with van der Waals surface area (Å²) < 4.78 is 12.5. The maximum Gasteiger partial charge on any atom is 0.270 e. The Morgan fingerprint density at radius 3 is 2.77 bits per heavy atom. The van der Waals surface area contributed by atoms with Gasteiger partial charge in [-0.3, -0.25) is 9.36 Å². The van der Waals surface area contributed by atoms with Crippen LogP contribution in [0.4, 0.5) is 0 Å². The number of carbonyl (C=O) groups excluding carboxylic acids is 1. The quantitative estimate of drug-likeness (QED) is 0.756. The molecule has 0 spiro atoms. The van der Waals surface area contributed by atoms with E-state index in [1.54, 1.807) is 36.5 Å². The minimum Gasteiger partial charge on any atom is -0.382 e. The number of imidazole rings is 1. The maximum absolute atomic E-state index is 12.6. The van der Waals surface area contributed by atoms with Crippen molar-refractivity contribution in [2.24, 2.45) is 0 Å². The van der Waals surface area contributed by atoms with Crippen molar-refractivity contribution in [3.8, 4) is 5.95 Å². The van der Waals surface area contributed by atoms with E-state index < -0.39 is 0 Å². The Bertz CT molecular complexity index is 712. The lowest BCUT2D eigenvalue weighted by atomic mass is 9.93. The monoisotopic (exact) mass is 359 g/mol. The van der Waals surface area contributed by atoms with Crippen LogP contribution in [0.25, 0.3) is 5.95 Å². The highest BCUT2D eigenvalue weighted by Gasteiger charge is 2.24. The van der Waals surface area contributed by atoms with Crippen LogP contribution in [0.5, 0.6) is 0 Å². The number of amides is 1. The topological polar surface area (TPSA) is 91.2 Å². The van der Waals surface area contributed by atoms with Crippen LogP contribution in [0.15, 0.2) is 24.8 Å². The highest BCUT2D eigenvalue weighted by Crippen LogP contribution is 2.21.